The van der Waals surface area contributed by atoms with Crippen LogP contribution in [0.4, 0.5) is 5.69 Å². The van der Waals surface area contributed by atoms with Crippen LogP contribution >= 0.6 is 11.3 Å². The number of amides is 1. The first kappa shape index (κ1) is 13.0. The first-order valence-corrected chi connectivity index (χ1v) is 7.75. The Morgan fingerprint density at radius 3 is 2.82 bits per heavy atom. The fourth-order valence-corrected chi connectivity index (χ4v) is 3.19. The third kappa shape index (κ3) is 2.35. The molecule has 3 aromatic rings. The molecular formula is C17H12N2O2S. The highest BCUT2D eigenvalue weighted by atomic mass is 32.1. The Bertz CT molecular complexity index is 843. The highest BCUT2D eigenvalue weighted by molar-refractivity contribution is 7.13. The molecule has 4 nitrogen and oxygen atoms in total. The van der Waals surface area contributed by atoms with Gasteiger partial charge in [0.25, 0.3) is 5.91 Å². The number of aromatic nitrogens is 1. The Kier molecular flexibility index (Phi) is 3.12. The highest BCUT2D eigenvalue weighted by Gasteiger charge is 2.17. The van der Waals surface area contributed by atoms with Crippen molar-refractivity contribution >= 4 is 22.9 Å². The summed E-state index contributed by atoms with van der Waals surface area (Å²) in [6.45, 7) is 0.0712. The number of carbonyl (C=O) groups is 1. The van der Waals surface area contributed by atoms with Crippen LogP contribution in [0.25, 0.3) is 21.8 Å². The molecule has 0 aliphatic carbocycles. The zero-order chi connectivity index (χ0) is 14.9. The predicted molar refractivity (Wildman–Crippen MR) is 87.1 cm³/mol. The van der Waals surface area contributed by atoms with Gasteiger partial charge in [0.15, 0.2) is 6.61 Å². The molecule has 0 atom stereocenters. The van der Waals surface area contributed by atoms with Gasteiger partial charge in [0, 0.05) is 16.5 Å². The minimum absolute atomic E-state index is 0.0712. The van der Waals surface area contributed by atoms with Gasteiger partial charge in [0.2, 0.25) is 0 Å². The van der Waals surface area contributed by atoms with E-state index in [0.29, 0.717) is 11.4 Å². The van der Waals surface area contributed by atoms with Crippen molar-refractivity contribution in [3.05, 3.63) is 53.9 Å². The summed E-state index contributed by atoms with van der Waals surface area (Å²) in [5, 5.41) is 5.78. The van der Waals surface area contributed by atoms with Crippen LogP contribution < -0.4 is 10.1 Å². The molecule has 22 heavy (non-hydrogen) atoms. The van der Waals surface area contributed by atoms with Crippen molar-refractivity contribution < 1.29 is 9.53 Å². The van der Waals surface area contributed by atoms with Gasteiger partial charge in [-0.05, 0) is 18.2 Å². The molecule has 0 bridgehead atoms. The van der Waals surface area contributed by atoms with E-state index >= 15 is 0 Å². The van der Waals surface area contributed by atoms with E-state index < -0.39 is 0 Å². The lowest BCUT2D eigenvalue weighted by Crippen LogP contribution is -2.25. The van der Waals surface area contributed by atoms with Crippen molar-refractivity contribution in [2.45, 2.75) is 0 Å². The van der Waals surface area contributed by atoms with Crippen molar-refractivity contribution in [1.29, 1.82) is 0 Å². The summed E-state index contributed by atoms with van der Waals surface area (Å²) in [5.74, 6) is 0.567. The number of hydrogen-bond donors (Lipinski definition) is 1. The molecule has 4 rings (SSSR count). The number of ether oxygens (including phenoxy) is 1. The molecule has 0 radical (unpaired) electrons. The van der Waals surface area contributed by atoms with E-state index in [1.165, 1.54) is 0 Å². The van der Waals surface area contributed by atoms with Crippen molar-refractivity contribution in [3.63, 3.8) is 0 Å². The van der Waals surface area contributed by atoms with Gasteiger partial charge >= 0.3 is 0 Å². The predicted octanol–water partition coefficient (Wildman–Crippen LogP) is 3.81. The normalized spacial score (nSPS) is 13.2. The van der Waals surface area contributed by atoms with Crippen molar-refractivity contribution in [2.75, 3.05) is 11.9 Å². The minimum Gasteiger partial charge on any atom is -0.482 e. The maximum Gasteiger partial charge on any atom is 0.262 e. The number of benzene rings is 2. The molecule has 1 amide bonds. The topological polar surface area (TPSA) is 51.2 Å². The molecule has 2 aromatic carbocycles. The fourth-order valence-electron chi connectivity index (χ4n) is 2.36. The second-order valence-electron chi connectivity index (χ2n) is 4.95. The molecule has 0 fully saturated rings. The lowest BCUT2D eigenvalue weighted by atomic mass is 10.1. The number of rotatable bonds is 2. The first-order valence-electron chi connectivity index (χ1n) is 6.87. The summed E-state index contributed by atoms with van der Waals surface area (Å²) in [5.41, 5.74) is 3.72. The first-order chi connectivity index (χ1) is 10.8. The second-order valence-corrected chi connectivity index (χ2v) is 5.81. The van der Waals surface area contributed by atoms with Gasteiger partial charge in [-0.25, -0.2) is 4.98 Å². The number of hydrogen-bond acceptors (Lipinski definition) is 4. The molecule has 5 heteroatoms. The Balaban J connectivity index is 1.70. The summed E-state index contributed by atoms with van der Waals surface area (Å²) in [4.78, 5) is 16.1. The Labute approximate surface area is 131 Å². The number of nitrogens with one attached hydrogen (secondary N) is 1. The van der Waals surface area contributed by atoms with E-state index in [1.807, 2.05) is 53.9 Å². The standard InChI is InChI=1S/C17H12N2O2S/c20-16-9-21-15-7-6-12(8-13(15)18-16)17-19-14(10-22-17)11-4-2-1-3-5-11/h1-8,10H,9H2,(H,18,20). The number of thiazole rings is 1. The average molecular weight is 308 g/mol. The minimum atomic E-state index is -0.131. The van der Waals surface area contributed by atoms with Crippen LogP contribution in [0.5, 0.6) is 5.75 Å². The van der Waals surface area contributed by atoms with Crippen LogP contribution in [0.3, 0.4) is 0 Å². The Morgan fingerprint density at radius 2 is 1.95 bits per heavy atom. The van der Waals surface area contributed by atoms with Gasteiger partial charge in [-0.15, -0.1) is 11.3 Å². The molecule has 2 heterocycles. The summed E-state index contributed by atoms with van der Waals surface area (Å²) < 4.78 is 5.37. The maximum atomic E-state index is 11.4. The largest absolute Gasteiger partial charge is 0.482 e. The van der Waals surface area contributed by atoms with Crippen molar-refractivity contribution in [2.24, 2.45) is 0 Å². The van der Waals surface area contributed by atoms with Crippen LogP contribution in [0.1, 0.15) is 0 Å². The molecule has 0 spiro atoms. The molecule has 1 aliphatic rings. The second kappa shape index (κ2) is 5.27. The lowest BCUT2D eigenvalue weighted by molar-refractivity contribution is -0.118. The summed E-state index contributed by atoms with van der Waals surface area (Å²) in [6.07, 6.45) is 0. The quantitative estimate of drug-likeness (QED) is 0.783. The van der Waals surface area contributed by atoms with Gasteiger partial charge in [-0.2, -0.15) is 0 Å². The van der Waals surface area contributed by atoms with Crippen LogP contribution in [0, 0.1) is 0 Å². The van der Waals surface area contributed by atoms with Crippen molar-refractivity contribution in [1.82, 2.24) is 4.98 Å². The van der Waals surface area contributed by atoms with E-state index in [0.717, 1.165) is 21.8 Å². The lowest BCUT2D eigenvalue weighted by Gasteiger charge is -2.18. The van der Waals surface area contributed by atoms with Gasteiger partial charge in [-0.1, -0.05) is 30.3 Å². The number of carbonyl (C=O) groups excluding carboxylic acids is 1. The van der Waals surface area contributed by atoms with E-state index in [1.54, 1.807) is 11.3 Å². The van der Waals surface area contributed by atoms with Gasteiger partial charge in [0.05, 0.1) is 11.4 Å². The zero-order valence-electron chi connectivity index (χ0n) is 11.6. The Hall–Kier alpha value is -2.66. The molecule has 0 saturated carbocycles. The SMILES string of the molecule is O=C1COc2ccc(-c3nc(-c4ccccc4)cs3)cc2N1. The van der Waals surface area contributed by atoms with E-state index in [-0.39, 0.29) is 12.5 Å². The summed E-state index contributed by atoms with van der Waals surface area (Å²) in [6, 6.07) is 15.8. The Morgan fingerprint density at radius 1 is 1.09 bits per heavy atom. The molecule has 1 N–H and O–H groups in total. The van der Waals surface area contributed by atoms with E-state index in [9.17, 15) is 4.79 Å². The summed E-state index contributed by atoms with van der Waals surface area (Å²) >= 11 is 1.58. The van der Waals surface area contributed by atoms with Crippen molar-refractivity contribution in [3.8, 4) is 27.6 Å². The molecule has 1 aliphatic heterocycles. The third-order valence-corrected chi connectivity index (χ3v) is 4.32. The van der Waals surface area contributed by atoms with Gasteiger partial charge < -0.3 is 10.1 Å². The molecule has 0 unspecified atom stereocenters. The van der Waals surface area contributed by atoms with Crippen LogP contribution in [0.2, 0.25) is 0 Å². The van der Waals surface area contributed by atoms with Crippen LogP contribution in [-0.2, 0) is 4.79 Å². The van der Waals surface area contributed by atoms with Crippen LogP contribution in [-0.4, -0.2) is 17.5 Å². The average Bonchev–Trinajstić information content (AvgIpc) is 3.05. The number of nitrogens with zero attached hydrogens (tertiary/aromatic N) is 1. The van der Waals surface area contributed by atoms with E-state index in [2.05, 4.69) is 10.3 Å². The molecular weight excluding hydrogens is 296 g/mol. The fraction of sp³-hybridized carbons (Fsp3) is 0.0588. The smallest absolute Gasteiger partial charge is 0.262 e. The third-order valence-electron chi connectivity index (χ3n) is 3.43. The molecule has 0 saturated heterocycles. The molecule has 1 aromatic heterocycles. The van der Waals surface area contributed by atoms with Gasteiger partial charge in [-0.3, -0.25) is 4.79 Å². The number of fused-ring (bicyclic) bond motifs is 1. The maximum absolute atomic E-state index is 11.4. The zero-order valence-corrected chi connectivity index (χ0v) is 12.4. The van der Waals surface area contributed by atoms with Gasteiger partial charge in [0.1, 0.15) is 10.8 Å². The molecule has 108 valence electrons. The summed E-state index contributed by atoms with van der Waals surface area (Å²) in [7, 11) is 0. The van der Waals surface area contributed by atoms with Crippen LogP contribution in [0.15, 0.2) is 53.9 Å². The monoisotopic (exact) mass is 308 g/mol. The van der Waals surface area contributed by atoms with E-state index in [4.69, 9.17) is 4.74 Å². The highest BCUT2D eigenvalue weighted by Crippen LogP contribution is 2.35. The number of anilines is 1.